The van der Waals surface area contributed by atoms with Gasteiger partial charge in [-0.3, -0.25) is 14.2 Å². The fraction of sp³-hybridized carbons (Fsp3) is 0.222. The molecule has 1 amide bonds. The maximum Gasteiger partial charge on any atom is 0.338 e. The molecule has 2 aliphatic heterocycles. The summed E-state index contributed by atoms with van der Waals surface area (Å²) in [7, 11) is 2.56. The Morgan fingerprint density at radius 1 is 1.00 bits per heavy atom. The van der Waals surface area contributed by atoms with Crippen molar-refractivity contribution in [1.82, 2.24) is 4.57 Å². The Morgan fingerprint density at radius 3 is 2.32 bits per heavy atom. The smallest absolute Gasteiger partial charge is 0.338 e. The molecule has 37 heavy (non-hydrogen) atoms. The molecule has 0 aliphatic carbocycles. The van der Waals surface area contributed by atoms with Gasteiger partial charge in [0.15, 0.2) is 4.80 Å². The molecule has 0 bridgehead atoms. The summed E-state index contributed by atoms with van der Waals surface area (Å²) in [5, 5.41) is 0. The highest BCUT2D eigenvalue weighted by molar-refractivity contribution is 7.07. The zero-order valence-corrected chi connectivity index (χ0v) is 21.4. The number of carbonyl (C=O) groups is 3. The molecule has 1 unspecified atom stereocenters. The first kappa shape index (κ1) is 24.4. The summed E-state index contributed by atoms with van der Waals surface area (Å²) in [5.74, 6) is -1.38. The van der Waals surface area contributed by atoms with Gasteiger partial charge in [0.1, 0.15) is 4.53 Å². The number of hydrogen-bond donors (Lipinski definition) is 0. The predicted molar refractivity (Wildman–Crippen MR) is 137 cm³/mol. The first-order chi connectivity index (χ1) is 17.8. The molecular formula is C27H23N3O6S. The van der Waals surface area contributed by atoms with E-state index in [2.05, 4.69) is 4.99 Å². The van der Waals surface area contributed by atoms with Crippen LogP contribution in [0.5, 0.6) is 0 Å². The van der Waals surface area contributed by atoms with Crippen LogP contribution in [0.3, 0.4) is 0 Å². The third-order valence-electron chi connectivity index (χ3n) is 6.52. The number of amides is 1. The largest absolute Gasteiger partial charge is 0.466 e. The number of methoxy groups -OCH3 is 2. The summed E-state index contributed by atoms with van der Waals surface area (Å²) in [6, 6.07) is 13.0. The van der Waals surface area contributed by atoms with E-state index in [1.807, 2.05) is 31.2 Å². The zero-order chi connectivity index (χ0) is 26.4. The lowest BCUT2D eigenvalue weighted by molar-refractivity contribution is -0.136. The number of anilines is 1. The van der Waals surface area contributed by atoms with Crippen LogP contribution >= 0.6 is 11.3 Å². The topological polar surface area (TPSA) is 107 Å². The van der Waals surface area contributed by atoms with Crippen molar-refractivity contribution < 1.29 is 23.9 Å². The third kappa shape index (κ3) is 3.72. The molecular weight excluding hydrogens is 494 g/mol. The van der Waals surface area contributed by atoms with E-state index in [1.165, 1.54) is 18.8 Å². The number of fused-ring (bicyclic) bond motifs is 2. The van der Waals surface area contributed by atoms with Crippen molar-refractivity contribution in [2.45, 2.75) is 19.9 Å². The number of nitrogens with zero attached hydrogens (tertiary/aromatic N) is 3. The normalized spacial score (nSPS) is 17.8. The van der Waals surface area contributed by atoms with Crippen LogP contribution in [0.25, 0.3) is 5.57 Å². The second kappa shape index (κ2) is 9.29. The Hall–Kier alpha value is -4.31. The van der Waals surface area contributed by atoms with E-state index >= 15 is 0 Å². The van der Waals surface area contributed by atoms with Crippen molar-refractivity contribution in [3.8, 4) is 0 Å². The number of esters is 2. The molecule has 0 radical (unpaired) electrons. The maximum absolute atomic E-state index is 14.0. The molecule has 3 aromatic rings. The van der Waals surface area contributed by atoms with E-state index in [-0.39, 0.29) is 16.0 Å². The molecule has 3 heterocycles. The van der Waals surface area contributed by atoms with E-state index in [0.717, 1.165) is 17.0 Å². The minimum atomic E-state index is -0.862. The summed E-state index contributed by atoms with van der Waals surface area (Å²) in [4.78, 5) is 58.8. The number of allylic oxidation sites excluding steroid dienone is 1. The Labute approximate surface area is 215 Å². The average molecular weight is 518 g/mol. The van der Waals surface area contributed by atoms with E-state index in [0.29, 0.717) is 39.3 Å². The summed E-state index contributed by atoms with van der Waals surface area (Å²) in [6.07, 6.45) is 0. The molecule has 0 fully saturated rings. The lowest BCUT2D eigenvalue weighted by Crippen LogP contribution is -2.40. The van der Waals surface area contributed by atoms with Crippen LogP contribution < -0.4 is 19.8 Å². The number of rotatable bonds is 4. The van der Waals surface area contributed by atoms with Crippen molar-refractivity contribution in [2.24, 2.45) is 4.99 Å². The molecule has 5 rings (SSSR count). The van der Waals surface area contributed by atoms with Crippen molar-refractivity contribution >= 4 is 40.4 Å². The summed E-state index contributed by atoms with van der Waals surface area (Å²) >= 11 is 1.11. The number of ether oxygens (including phenoxy) is 2. The zero-order valence-electron chi connectivity index (χ0n) is 20.6. The molecule has 9 nitrogen and oxygen atoms in total. The maximum atomic E-state index is 14.0. The molecule has 0 saturated heterocycles. The van der Waals surface area contributed by atoms with Crippen molar-refractivity contribution in [3.63, 3.8) is 0 Å². The highest BCUT2D eigenvalue weighted by Gasteiger charge is 2.36. The molecule has 2 aliphatic rings. The van der Waals surface area contributed by atoms with Crippen LogP contribution in [0.4, 0.5) is 5.69 Å². The number of thiazole rings is 1. The van der Waals surface area contributed by atoms with Gasteiger partial charge in [0.2, 0.25) is 0 Å². The van der Waals surface area contributed by atoms with Gasteiger partial charge in [0, 0.05) is 12.1 Å². The van der Waals surface area contributed by atoms with Gasteiger partial charge < -0.3 is 14.4 Å². The van der Waals surface area contributed by atoms with Gasteiger partial charge in [-0.05, 0) is 37.6 Å². The number of likely N-dealkylation sites (N-methyl/N-ethyl adjacent to an activating group) is 1. The lowest BCUT2D eigenvalue weighted by Gasteiger charge is -2.24. The van der Waals surface area contributed by atoms with Crippen molar-refractivity contribution in [1.29, 1.82) is 0 Å². The highest BCUT2D eigenvalue weighted by atomic mass is 32.1. The number of hydrogen-bond acceptors (Lipinski definition) is 8. The summed E-state index contributed by atoms with van der Waals surface area (Å²) in [5.41, 5.74) is 2.82. The van der Waals surface area contributed by atoms with Gasteiger partial charge in [0.25, 0.3) is 11.5 Å². The fourth-order valence-electron chi connectivity index (χ4n) is 4.79. The van der Waals surface area contributed by atoms with Crippen molar-refractivity contribution in [3.05, 3.63) is 96.2 Å². The van der Waals surface area contributed by atoms with Crippen LogP contribution in [0, 0.1) is 0 Å². The first-order valence-electron chi connectivity index (χ1n) is 11.5. The Morgan fingerprint density at radius 2 is 1.68 bits per heavy atom. The van der Waals surface area contributed by atoms with Crippen LogP contribution in [-0.4, -0.2) is 43.2 Å². The van der Waals surface area contributed by atoms with Crippen LogP contribution in [0.2, 0.25) is 0 Å². The van der Waals surface area contributed by atoms with Gasteiger partial charge in [-0.25, -0.2) is 14.6 Å². The van der Waals surface area contributed by atoms with Crippen LogP contribution in [0.1, 0.15) is 41.4 Å². The van der Waals surface area contributed by atoms with Crippen molar-refractivity contribution in [2.75, 3.05) is 25.7 Å². The first-order valence-corrected chi connectivity index (χ1v) is 12.4. The molecule has 2 aromatic carbocycles. The van der Waals surface area contributed by atoms with Crippen LogP contribution in [-0.2, 0) is 19.1 Å². The average Bonchev–Trinajstić information content (AvgIpc) is 3.38. The van der Waals surface area contributed by atoms with Crippen LogP contribution in [0.15, 0.2) is 69.6 Å². The fourth-order valence-corrected chi connectivity index (χ4v) is 5.93. The van der Waals surface area contributed by atoms with Gasteiger partial charge in [-0.1, -0.05) is 41.7 Å². The summed E-state index contributed by atoms with van der Waals surface area (Å²) < 4.78 is 11.5. The van der Waals surface area contributed by atoms with E-state index in [1.54, 1.807) is 36.1 Å². The van der Waals surface area contributed by atoms with E-state index in [4.69, 9.17) is 9.47 Å². The minimum absolute atomic E-state index is 0.200. The van der Waals surface area contributed by atoms with Gasteiger partial charge >= 0.3 is 11.9 Å². The predicted octanol–water partition coefficient (Wildman–Crippen LogP) is 1.93. The number of aromatic nitrogens is 1. The van der Waals surface area contributed by atoms with Gasteiger partial charge in [-0.15, -0.1) is 0 Å². The number of para-hydroxylation sites is 1. The Balaban J connectivity index is 1.79. The minimum Gasteiger partial charge on any atom is -0.466 e. The monoisotopic (exact) mass is 517 g/mol. The Bertz CT molecular complexity index is 1680. The summed E-state index contributed by atoms with van der Waals surface area (Å²) in [6.45, 7) is 4.01. The Kier molecular flexibility index (Phi) is 6.12. The lowest BCUT2D eigenvalue weighted by atomic mass is 9.95. The standard InChI is InChI=1S/C27H23N3O6S/c1-5-29-18-9-7-6-8-17(18)20(23(29)31)22-24(32)30-21(15-10-12-16(13-11-15)25(33)35-3)19(26(34)36-4)14(2)28-27(30)37-22/h6-13,21H,5H2,1-4H3. The number of benzene rings is 2. The molecule has 1 aromatic heterocycles. The third-order valence-corrected chi connectivity index (χ3v) is 7.57. The van der Waals surface area contributed by atoms with Gasteiger partial charge in [-0.2, -0.15) is 0 Å². The highest BCUT2D eigenvalue weighted by Crippen LogP contribution is 2.35. The second-order valence-electron chi connectivity index (χ2n) is 8.45. The van der Waals surface area contributed by atoms with Gasteiger partial charge in [0.05, 0.1) is 48.4 Å². The molecule has 188 valence electrons. The molecule has 0 saturated carbocycles. The molecule has 0 spiro atoms. The second-order valence-corrected chi connectivity index (χ2v) is 9.43. The molecule has 0 N–H and O–H groups in total. The number of carbonyl (C=O) groups excluding carboxylic acids is 3. The van der Waals surface area contributed by atoms with E-state index < -0.39 is 23.5 Å². The quantitative estimate of drug-likeness (QED) is 0.490. The molecule has 10 heteroatoms. The SMILES string of the molecule is CCN1C(=O)C(=c2sc3n(c2=O)C(c2ccc(C(=O)OC)cc2)C(C(=O)OC)=C(C)N=3)c2ccccc21. The molecule has 1 atom stereocenters. The van der Waals surface area contributed by atoms with E-state index in [9.17, 15) is 19.2 Å².